The number of amides is 2. The lowest BCUT2D eigenvalue weighted by molar-refractivity contribution is -0.136. The van der Waals surface area contributed by atoms with Gasteiger partial charge in [-0.15, -0.1) is 0 Å². The van der Waals surface area contributed by atoms with Crippen LogP contribution in [0.3, 0.4) is 0 Å². The molecule has 5 nitrogen and oxygen atoms in total. The molecule has 0 spiro atoms. The Balaban J connectivity index is 1.99. The number of rotatable bonds is 3. The van der Waals surface area contributed by atoms with E-state index in [2.05, 4.69) is 5.32 Å². The fraction of sp³-hybridized carbons (Fsp3) is 0.200. The predicted octanol–water partition coefficient (Wildman–Crippen LogP) is 3.50. The normalized spacial score (nSPS) is 17.3. The number of carbonyl (C=O) groups is 2. The third-order valence-electron chi connectivity index (χ3n) is 4.51. The molecule has 25 heavy (non-hydrogen) atoms. The largest absolute Gasteiger partial charge is 0.466 e. The first-order valence-corrected chi connectivity index (χ1v) is 8.01. The molecule has 2 aromatic carbocycles. The molecule has 0 saturated carbocycles. The van der Waals surface area contributed by atoms with Crippen LogP contribution in [-0.2, 0) is 9.53 Å². The molecule has 0 aromatic heterocycles. The number of nitrogens with one attached hydrogen (secondary N) is 1. The van der Waals surface area contributed by atoms with Crippen molar-refractivity contribution in [1.29, 1.82) is 0 Å². The van der Waals surface area contributed by atoms with Crippen LogP contribution in [0.2, 0.25) is 0 Å². The summed E-state index contributed by atoms with van der Waals surface area (Å²) < 4.78 is 4.91. The van der Waals surface area contributed by atoms with Crippen molar-refractivity contribution in [2.75, 3.05) is 14.2 Å². The van der Waals surface area contributed by atoms with E-state index < -0.39 is 12.0 Å². The number of carbonyl (C=O) groups excluding carboxylic acids is 2. The van der Waals surface area contributed by atoms with Crippen LogP contribution in [0.1, 0.15) is 18.5 Å². The van der Waals surface area contributed by atoms with Crippen molar-refractivity contribution in [1.82, 2.24) is 10.2 Å². The molecule has 2 amide bonds. The first kappa shape index (κ1) is 16.8. The third-order valence-corrected chi connectivity index (χ3v) is 4.51. The van der Waals surface area contributed by atoms with E-state index in [9.17, 15) is 9.59 Å². The number of nitrogens with zero attached hydrogens (tertiary/aromatic N) is 1. The van der Waals surface area contributed by atoms with Crippen molar-refractivity contribution in [3.05, 3.63) is 71.4 Å². The van der Waals surface area contributed by atoms with E-state index in [4.69, 9.17) is 4.74 Å². The molecule has 0 fully saturated rings. The lowest BCUT2D eigenvalue weighted by atomic mass is 9.93. The number of hydrogen-bond acceptors (Lipinski definition) is 3. The van der Waals surface area contributed by atoms with Gasteiger partial charge in [0.05, 0.1) is 18.7 Å². The van der Waals surface area contributed by atoms with Gasteiger partial charge in [0.25, 0.3) is 0 Å². The van der Waals surface area contributed by atoms with Crippen LogP contribution >= 0.6 is 0 Å². The molecule has 1 aliphatic heterocycles. The minimum absolute atomic E-state index is 0.248. The van der Waals surface area contributed by atoms with E-state index in [0.29, 0.717) is 11.3 Å². The van der Waals surface area contributed by atoms with E-state index in [1.807, 2.05) is 54.6 Å². The number of allylic oxidation sites excluding steroid dienone is 1. The Labute approximate surface area is 146 Å². The number of hydrogen-bond donors (Lipinski definition) is 1. The van der Waals surface area contributed by atoms with Crippen molar-refractivity contribution >= 4 is 12.0 Å². The SMILES string of the molecule is COC(=O)C1=C(C)N(C)C(=O)N[C@@H]1c1ccc(-c2ccccc2)cc1. The number of urea groups is 1. The van der Waals surface area contributed by atoms with Crippen LogP contribution in [0.4, 0.5) is 4.79 Å². The zero-order valence-electron chi connectivity index (χ0n) is 14.4. The number of benzene rings is 2. The third kappa shape index (κ3) is 3.13. The van der Waals surface area contributed by atoms with Gasteiger partial charge in [-0.05, 0) is 23.6 Å². The maximum atomic E-state index is 12.2. The van der Waals surface area contributed by atoms with Crippen LogP contribution in [-0.4, -0.2) is 31.1 Å². The highest BCUT2D eigenvalue weighted by atomic mass is 16.5. The fourth-order valence-corrected chi connectivity index (χ4v) is 2.96. The highest BCUT2D eigenvalue weighted by Gasteiger charge is 2.34. The Morgan fingerprint density at radius 2 is 1.64 bits per heavy atom. The lowest BCUT2D eigenvalue weighted by Gasteiger charge is -2.33. The molecule has 1 atom stereocenters. The monoisotopic (exact) mass is 336 g/mol. The van der Waals surface area contributed by atoms with E-state index in [1.165, 1.54) is 12.0 Å². The smallest absolute Gasteiger partial charge is 0.337 e. The van der Waals surface area contributed by atoms with E-state index in [1.54, 1.807) is 14.0 Å². The van der Waals surface area contributed by atoms with Gasteiger partial charge in [0, 0.05) is 12.7 Å². The Kier molecular flexibility index (Phi) is 4.57. The Morgan fingerprint density at radius 1 is 1.04 bits per heavy atom. The molecule has 3 rings (SSSR count). The van der Waals surface area contributed by atoms with E-state index in [0.717, 1.165) is 16.7 Å². The molecule has 0 radical (unpaired) electrons. The van der Waals surface area contributed by atoms with Gasteiger partial charge in [0.1, 0.15) is 0 Å². The molecule has 1 N–H and O–H groups in total. The standard InChI is InChI=1S/C20H20N2O3/c1-13-17(19(23)25-3)18(21-20(24)22(13)2)16-11-9-15(10-12-16)14-7-5-4-6-8-14/h4-12,18H,1-3H3,(H,21,24)/t18-/m1/s1. The summed E-state index contributed by atoms with van der Waals surface area (Å²) in [6.07, 6.45) is 0. The number of methoxy groups -OCH3 is 1. The quantitative estimate of drug-likeness (QED) is 0.873. The average molecular weight is 336 g/mol. The number of ether oxygens (including phenoxy) is 1. The van der Waals surface area contributed by atoms with Gasteiger partial charge < -0.3 is 15.0 Å². The molecule has 5 heteroatoms. The second kappa shape index (κ2) is 6.81. The Bertz CT molecular complexity index is 826. The van der Waals surface area contributed by atoms with Gasteiger partial charge >= 0.3 is 12.0 Å². The molecule has 0 aliphatic carbocycles. The van der Waals surface area contributed by atoms with Gasteiger partial charge in [-0.3, -0.25) is 0 Å². The highest BCUT2D eigenvalue weighted by molar-refractivity contribution is 5.94. The zero-order chi connectivity index (χ0) is 18.0. The second-order valence-corrected chi connectivity index (χ2v) is 5.92. The van der Waals surface area contributed by atoms with Gasteiger partial charge in [-0.1, -0.05) is 54.6 Å². The van der Waals surface area contributed by atoms with E-state index in [-0.39, 0.29) is 6.03 Å². The second-order valence-electron chi connectivity index (χ2n) is 5.92. The van der Waals surface area contributed by atoms with E-state index >= 15 is 0 Å². The van der Waals surface area contributed by atoms with Crippen molar-refractivity contribution in [2.45, 2.75) is 13.0 Å². The summed E-state index contributed by atoms with van der Waals surface area (Å²) >= 11 is 0. The van der Waals surface area contributed by atoms with Crippen LogP contribution in [0.5, 0.6) is 0 Å². The molecule has 0 bridgehead atoms. The first-order valence-electron chi connectivity index (χ1n) is 8.01. The lowest BCUT2D eigenvalue weighted by Crippen LogP contribution is -2.46. The summed E-state index contributed by atoms with van der Waals surface area (Å²) in [7, 11) is 2.97. The first-order chi connectivity index (χ1) is 12.0. The molecular formula is C20H20N2O3. The molecular weight excluding hydrogens is 316 g/mol. The Hall–Kier alpha value is -3.08. The molecule has 2 aromatic rings. The highest BCUT2D eigenvalue weighted by Crippen LogP contribution is 2.31. The fourth-order valence-electron chi connectivity index (χ4n) is 2.96. The molecule has 0 unspecified atom stereocenters. The average Bonchev–Trinajstić information content (AvgIpc) is 2.66. The van der Waals surface area contributed by atoms with Crippen molar-refractivity contribution in [3.63, 3.8) is 0 Å². The van der Waals surface area contributed by atoms with Crippen LogP contribution < -0.4 is 5.32 Å². The summed E-state index contributed by atoms with van der Waals surface area (Å²) in [6, 6.07) is 17.1. The van der Waals surface area contributed by atoms with Crippen LogP contribution in [0, 0.1) is 0 Å². The van der Waals surface area contributed by atoms with Crippen molar-refractivity contribution < 1.29 is 14.3 Å². The summed E-state index contributed by atoms with van der Waals surface area (Å²) in [4.78, 5) is 25.8. The maximum Gasteiger partial charge on any atom is 0.337 e. The minimum atomic E-state index is -0.527. The molecule has 128 valence electrons. The van der Waals surface area contributed by atoms with Gasteiger partial charge in [-0.2, -0.15) is 0 Å². The summed E-state index contributed by atoms with van der Waals surface area (Å²) in [5.41, 5.74) is 4.05. The number of esters is 1. The van der Waals surface area contributed by atoms with Crippen LogP contribution in [0.15, 0.2) is 65.9 Å². The Morgan fingerprint density at radius 3 is 2.24 bits per heavy atom. The topological polar surface area (TPSA) is 58.6 Å². The van der Waals surface area contributed by atoms with Gasteiger partial charge in [0.15, 0.2) is 0 Å². The molecule has 1 heterocycles. The van der Waals surface area contributed by atoms with Gasteiger partial charge in [0.2, 0.25) is 0 Å². The summed E-state index contributed by atoms with van der Waals surface area (Å²) in [6.45, 7) is 1.75. The predicted molar refractivity (Wildman–Crippen MR) is 95.6 cm³/mol. The minimum Gasteiger partial charge on any atom is -0.466 e. The van der Waals surface area contributed by atoms with Gasteiger partial charge in [-0.25, -0.2) is 9.59 Å². The summed E-state index contributed by atoms with van der Waals surface area (Å²) in [5.74, 6) is -0.443. The van der Waals surface area contributed by atoms with Crippen LogP contribution in [0.25, 0.3) is 11.1 Å². The molecule has 1 aliphatic rings. The summed E-state index contributed by atoms with van der Waals surface area (Å²) in [5, 5.41) is 2.87. The zero-order valence-corrected chi connectivity index (χ0v) is 14.4. The van der Waals surface area contributed by atoms with Crippen molar-refractivity contribution in [3.8, 4) is 11.1 Å². The van der Waals surface area contributed by atoms with Crippen molar-refractivity contribution in [2.24, 2.45) is 0 Å². The molecule has 0 saturated heterocycles. The maximum absolute atomic E-state index is 12.2.